The fourth-order valence-corrected chi connectivity index (χ4v) is 3.99. The van der Waals surface area contributed by atoms with Crippen molar-refractivity contribution >= 4 is 28.5 Å². The summed E-state index contributed by atoms with van der Waals surface area (Å²) < 4.78 is 0. The van der Waals surface area contributed by atoms with E-state index in [0.717, 1.165) is 61.3 Å². The van der Waals surface area contributed by atoms with Gasteiger partial charge in [0.25, 0.3) is 5.91 Å². The number of fused-ring (bicyclic) bond motifs is 1. The molecule has 2 aliphatic rings. The number of piperidine rings is 1. The molecule has 0 atom stereocenters. The maximum absolute atomic E-state index is 12.9. The lowest BCUT2D eigenvalue weighted by atomic mass is 9.95. The minimum Gasteiger partial charge on any atom is -0.342 e. The number of amides is 2. The Bertz CT molecular complexity index is 1010. The monoisotopic (exact) mass is 388 g/mol. The number of carbonyl (C=O) groups excluding carboxylic acids is 2. The van der Waals surface area contributed by atoms with Gasteiger partial charge in [-0.25, -0.2) is 4.98 Å². The Morgan fingerprint density at radius 3 is 2.38 bits per heavy atom. The first kappa shape index (κ1) is 17.9. The molecule has 0 bridgehead atoms. The van der Waals surface area contributed by atoms with Gasteiger partial charge in [0.15, 0.2) is 0 Å². The highest BCUT2D eigenvalue weighted by Gasteiger charge is 2.30. The van der Waals surface area contributed by atoms with Crippen molar-refractivity contribution in [1.82, 2.24) is 14.9 Å². The molecule has 29 heavy (non-hydrogen) atoms. The first-order chi connectivity index (χ1) is 14.2. The number of aromatic amines is 1. The van der Waals surface area contributed by atoms with Crippen LogP contribution < -0.4 is 5.32 Å². The number of nitrogens with one attached hydrogen (secondary N) is 2. The lowest BCUT2D eigenvalue weighted by Crippen LogP contribution is -2.38. The molecule has 0 spiro atoms. The molecule has 2 aromatic carbocycles. The molecule has 5 rings (SSSR count). The highest BCUT2D eigenvalue weighted by molar-refractivity contribution is 5.96. The van der Waals surface area contributed by atoms with Crippen LogP contribution in [0, 0.1) is 5.92 Å². The summed E-state index contributed by atoms with van der Waals surface area (Å²) in [4.78, 5) is 34.8. The largest absolute Gasteiger partial charge is 0.342 e. The van der Waals surface area contributed by atoms with Gasteiger partial charge in [0.05, 0.1) is 11.0 Å². The van der Waals surface area contributed by atoms with Gasteiger partial charge in [0.2, 0.25) is 5.91 Å². The summed E-state index contributed by atoms with van der Waals surface area (Å²) in [6.07, 6.45) is 3.76. The van der Waals surface area contributed by atoms with Gasteiger partial charge in [-0.05, 0) is 62.1 Å². The molecule has 1 aliphatic heterocycles. The normalized spacial score (nSPS) is 17.4. The number of nitrogens with zero attached hydrogens (tertiary/aromatic N) is 2. The Balaban J connectivity index is 1.20. The first-order valence-corrected chi connectivity index (χ1v) is 10.3. The number of carbonyl (C=O) groups is 2. The zero-order valence-corrected chi connectivity index (χ0v) is 16.2. The minimum absolute atomic E-state index is 0.0492. The molecular formula is C23H24N4O2. The molecule has 2 amide bonds. The lowest BCUT2D eigenvalue weighted by Gasteiger charge is -2.31. The summed E-state index contributed by atoms with van der Waals surface area (Å²) in [5.74, 6) is 1.68. The maximum Gasteiger partial charge on any atom is 0.253 e. The predicted molar refractivity (Wildman–Crippen MR) is 112 cm³/mol. The number of hydrogen-bond donors (Lipinski definition) is 2. The molecule has 6 heteroatoms. The summed E-state index contributed by atoms with van der Waals surface area (Å²) in [6.45, 7) is 1.45. The Hall–Kier alpha value is -3.15. The zero-order chi connectivity index (χ0) is 19.8. The Kier molecular flexibility index (Phi) is 4.54. The van der Waals surface area contributed by atoms with Crippen LogP contribution in [0.1, 0.15) is 47.8 Å². The Morgan fingerprint density at radius 1 is 0.966 bits per heavy atom. The number of aromatic nitrogens is 2. The van der Waals surface area contributed by atoms with Crippen LogP contribution in [0.5, 0.6) is 0 Å². The van der Waals surface area contributed by atoms with E-state index < -0.39 is 0 Å². The first-order valence-electron chi connectivity index (χ1n) is 10.3. The van der Waals surface area contributed by atoms with Crippen LogP contribution in [0.4, 0.5) is 5.69 Å². The topological polar surface area (TPSA) is 78.1 Å². The number of para-hydroxylation sites is 2. The molecule has 2 N–H and O–H groups in total. The number of H-pyrrole nitrogens is 1. The van der Waals surface area contributed by atoms with Gasteiger partial charge < -0.3 is 15.2 Å². The van der Waals surface area contributed by atoms with Crippen molar-refractivity contribution in [2.45, 2.75) is 31.6 Å². The van der Waals surface area contributed by atoms with E-state index in [9.17, 15) is 9.59 Å². The van der Waals surface area contributed by atoms with E-state index in [4.69, 9.17) is 4.98 Å². The van der Waals surface area contributed by atoms with Crippen LogP contribution in [0.2, 0.25) is 0 Å². The van der Waals surface area contributed by atoms with E-state index >= 15 is 0 Å². The Morgan fingerprint density at radius 2 is 1.69 bits per heavy atom. The van der Waals surface area contributed by atoms with Gasteiger partial charge in [0, 0.05) is 36.2 Å². The van der Waals surface area contributed by atoms with Crippen molar-refractivity contribution < 1.29 is 9.59 Å². The van der Waals surface area contributed by atoms with Gasteiger partial charge in [-0.2, -0.15) is 0 Å². The number of imidazole rings is 1. The molecule has 1 saturated carbocycles. The lowest BCUT2D eigenvalue weighted by molar-refractivity contribution is -0.117. The molecule has 1 aromatic heterocycles. The van der Waals surface area contributed by atoms with Crippen LogP contribution >= 0.6 is 0 Å². The fraction of sp³-hybridized carbons (Fsp3) is 0.348. The molecule has 2 heterocycles. The maximum atomic E-state index is 12.9. The van der Waals surface area contributed by atoms with E-state index in [1.54, 1.807) is 12.1 Å². The highest BCUT2D eigenvalue weighted by Crippen LogP contribution is 2.31. The fourth-order valence-electron chi connectivity index (χ4n) is 3.99. The van der Waals surface area contributed by atoms with Crippen molar-refractivity contribution in [2.75, 3.05) is 18.4 Å². The molecule has 6 nitrogen and oxygen atoms in total. The SMILES string of the molecule is O=C(Nc1ccc(C(=O)N2CCC(c3nc4ccccc4[nH]3)CC2)cc1)C1CC1. The number of likely N-dealkylation sites (tertiary alicyclic amines) is 1. The molecule has 3 aromatic rings. The minimum atomic E-state index is 0.0492. The second kappa shape index (κ2) is 7.35. The van der Waals surface area contributed by atoms with Gasteiger partial charge >= 0.3 is 0 Å². The van der Waals surface area contributed by atoms with Crippen molar-refractivity contribution in [3.63, 3.8) is 0 Å². The predicted octanol–water partition coefficient (Wildman–Crippen LogP) is 3.93. The van der Waals surface area contributed by atoms with Crippen LogP contribution in [0.3, 0.4) is 0 Å². The molecule has 0 radical (unpaired) electrons. The van der Waals surface area contributed by atoms with E-state index in [1.165, 1.54) is 0 Å². The summed E-state index contributed by atoms with van der Waals surface area (Å²) in [7, 11) is 0. The van der Waals surface area contributed by atoms with Crippen LogP contribution in [0.25, 0.3) is 11.0 Å². The van der Waals surface area contributed by atoms with Gasteiger partial charge in [-0.1, -0.05) is 12.1 Å². The average Bonchev–Trinajstić information content (AvgIpc) is 3.53. The van der Waals surface area contributed by atoms with E-state index in [1.807, 2.05) is 41.3 Å². The number of rotatable bonds is 4. The van der Waals surface area contributed by atoms with Crippen molar-refractivity contribution in [2.24, 2.45) is 5.92 Å². The summed E-state index contributed by atoms with van der Waals surface area (Å²) in [6, 6.07) is 15.3. The van der Waals surface area contributed by atoms with Gasteiger partial charge in [-0.15, -0.1) is 0 Å². The van der Waals surface area contributed by atoms with Crippen LogP contribution in [-0.2, 0) is 4.79 Å². The van der Waals surface area contributed by atoms with Crippen LogP contribution in [-0.4, -0.2) is 39.8 Å². The summed E-state index contributed by atoms with van der Waals surface area (Å²) in [5.41, 5.74) is 3.48. The molecule has 1 aliphatic carbocycles. The number of hydrogen-bond acceptors (Lipinski definition) is 3. The smallest absolute Gasteiger partial charge is 0.253 e. The number of anilines is 1. The third-order valence-electron chi connectivity index (χ3n) is 5.92. The van der Waals surface area contributed by atoms with E-state index in [-0.39, 0.29) is 17.7 Å². The molecule has 1 saturated heterocycles. The second-order valence-electron chi connectivity index (χ2n) is 8.05. The molecule has 2 fully saturated rings. The summed E-state index contributed by atoms with van der Waals surface area (Å²) >= 11 is 0. The molecule has 148 valence electrons. The van der Waals surface area contributed by atoms with Crippen molar-refractivity contribution in [3.8, 4) is 0 Å². The quantitative estimate of drug-likeness (QED) is 0.711. The van der Waals surface area contributed by atoms with Crippen LogP contribution in [0.15, 0.2) is 48.5 Å². The third-order valence-corrected chi connectivity index (χ3v) is 5.92. The van der Waals surface area contributed by atoms with Gasteiger partial charge in [0.1, 0.15) is 5.82 Å². The van der Waals surface area contributed by atoms with Crippen molar-refractivity contribution in [1.29, 1.82) is 0 Å². The number of benzene rings is 2. The highest BCUT2D eigenvalue weighted by atomic mass is 16.2. The average molecular weight is 388 g/mol. The van der Waals surface area contributed by atoms with E-state index in [0.29, 0.717) is 11.5 Å². The zero-order valence-electron chi connectivity index (χ0n) is 16.2. The molecule has 0 unspecified atom stereocenters. The standard InChI is InChI=1S/C23H24N4O2/c28-22(16-5-6-16)24-18-9-7-17(8-10-18)23(29)27-13-11-15(12-14-27)21-25-19-3-1-2-4-20(19)26-21/h1-4,7-10,15-16H,5-6,11-14H2,(H,24,28)(H,25,26). The molecular weight excluding hydrogens is 364 g/mol. The van der Waals surface area contributed by atoms with Crippen molar-refractivity contribution in [3.05, 3.63) is 59.9 Å². The summed E-state index contributed by atoms with van der Waals surface area (Å²) in [5, 5.41) is 2.91. The van der Waals surface area contributed by atoms with Gasteiger partial charge in [-0.3, -0.25) is 9.59 Å². The third kappa shape index (κ3) is 3.75. The Labute approximate surface area is 169 Å². The second-order valence-corrected chi connectivity index (χ2v) is 8.05. The van der Waals surface area contributed by atoms with E-state index in [2.05, 4.69) is 10.3 Å².